The van der Waals surface area contributed by atoms with Gasteiger partial charge in [0.25, 0.3) is 0 Å². The Balaban J connectivity index is 2.39. The summed E-state index contributed by atoms with van der Waals surface area (Å²) in [6.07, 6.45) is 4.37. The summed E-state index contributed by atoms with van der Waals surface area (Å²) in [6.45, 7) is 2.13. The number of nitrogens with zero attached hydrogens (tertiary/aromatic N) is 1. The number of hydrogen-bond acceptors (Lipinski definition) is 3. The number of hydrogen-bond donors (Lipinski definition) is 1. The summed E-state index contributed by atoms with van der Waals surface area (Å²) in [5.41, 5.74) is 0. The summed E-state index contributed by atoms with van der Waals surface area (Å²) >= 11 is 0. The van der Waals surface area contributed by atoms with Gasteiger partial charge in [-0.25, -0.2) is 0 Å². The van der Waals surface area contributed by atoms with E-state index in [-0.39, 0.29) is 0 Å². The van der Waals surface area contributed by atoms with E-state index in [1.807, 2.05) is 0 Å². The molecule has 0 aromatic carbocycles. The average Bonchev–Trinajstić information content (AvgIpc) is 2.19. The molecule has 1 unspecified atom stereocenters. The fraction of sp³-hybridized carbons (Fsp3) is 1.00. The van der Waals surface area contributed by atoms with Crippen LogP contribution >= 0.6 is 0 Å². The third kappa shape index (κ3) is 3.56. The molecule has 0 aromatic heterocycles. The molecule has 0 aliphatic carbocycles. The fourth-order valence-corrected chi connectivity index (χ4v) is 2.32. The second-order valence-electron chi connectivity index (χ2n) is 4.35. The summed E-state index contributed by atoms with van der Waals surface area (Å²) in [7, 11) is 4.27. The zero-order valence-corrected chi connectivity index (χ0v) is 9.41. The fourth-order valence-electron chi connectivity index (χ4n) is 2.32. The standard InChI is InChI=1S/C11H23NO2/c1-12(2)11(4-3-7-13)10-5-8-14-9-6-10/h10-11,13H,3-9H2,1-2H3. The third-order valence-electron chi connectivity index (χ3n) is 3.13. The molecule has 3 heteroatoms. The van der Waals surface area contributed by atoms with Gasteiger partial charge in [0.05, 0.1) is 0 Å². The van der Waals surface area contributed by atoms with Crippen molar-refractivity contribution in [2.45, 2.75) is 31.7 Å². The number of aliphatic hydroxyl groups excluding tert-OH is 1. The van der Waals surface area contributed by atoms with Crippen LogP contribution in [0.2, 0.25) is 0 Å². The van der Waals surface area contributed by atoms with Crippen molar-refractivity contribution in [1.29, 1.82) is 0 Å². The minimum atomic E-state index is 0.313. The average molecular weight is 201 g/mol. The van der Waals surface area contributed by atoms with Gasteiger partial charge in [0.1, 0.15) is 0 Å². The smallest absolute Gasteiger partial charge is 0.0469 e. The van der Waals surface area contributed by atoms with Gasteiger partial charge in [-0.3, -0.25) is 0 Å². The van der Waals surface area contributed by atoms with E-state index in [1.54, 1.807) is 0 Å². The van der Waals surface area contributed by atoms with E-state index >= 15 is 0 Å². The van der Waals surface area contributed by atoms with Crippen LogP contribution in [0.15, 0.2) is 0 Å². The minimum absolute atomic E-state index is 0.313. The maximum atomic E-state index is 8.85. The molecule has 1 heterocycles. The molecule has 0 amide bonds. The largest absolute Gasteiger partial charge is 0.396 e. The third-order valence-corrected chi connectivity index (χ3v) is 3.13. The molecular formula is C11H23NO2. The molecule has 1 N–H and O–H groups in total. The summed E-state index contributed by atoms with van der Waals surface area (Å²) < 4.78 is 5.37. The molecular weight excluding hydrogens is 178 g/mol. The monoisotopic (exact) mass is 201 g/mol. The highest BCUT2D eigenvalue weighted by Gasteiger charge is 2.24. The van der Waals surface area contributed by atoms with Crippen molar-refractivity contribution in [3.63, 3.8) is 0 Å². The highest BCUT2D eigenvalue weighted by Crippen LogP contribution is 2.24. The molecule has 1 fully saturated rings. The molecule has 0 saturated carbocycles. The van der Waals surface area contributed by atoms with Crippen LogP contribution < -0.4 is 0 Å². The van der Waals surface area contributed by atoms with Crippen LogP contribution in [0.25, 0.3) is 0 Å². The maximum absolute atomic E-state index is 8.85. The van der Waals surface area contributed by atoms with E-state index < -0.39 is 0 Å². The van der Waals surface area contributed by atoms with Crippen LogP contribution in [-0.2, 0) is 4.74 Å². The lowest BCUT2D eigenvalue weighted by Gasteiger charge is -2.34. The van der Waals surface area contributed by atoms with Crippen molar-refractivity contribution >= 4 is 0 Å². The zero-order chi connectivity index (χ0) is 10.4. The van der Waals surface area contributed by atoms with Gasteiger partial charge < -0.3 is 14.7 Å². The van der Waals surface area contributed by atoms with Gasteiger partial charge in [0.15, 0.2) is 0 Å². The van der Waals surface area contributed by atoms with Gasteiger partial charge in [-0.2, -0.15) is 0 Å². The molecule has 3 nitrogen and oxygen atoms in total. The normalized spacial score (nSPS) is 21.4. The summed E-state index contributed by atoms with van der Waals surface area (Å²) in [4.78, 5) is 2.30. The van der Waals surface area contributed by atoms with Crippen LogP contribution in [0.3, 0.4) is 0 Å². The molecule has 84 valence electrons. The van der Waals surface area contributed by atoms with Crippen LogP contribution in [0, 0.1) is 5.92 Å². The summed E-state index contributed by atoms with van der Waals surface area (Å²) in [5.74, 6) is 0.755. The van der Waals surface area contributed by atoms with Crippen molar-refractivity contribution in [1.82, 2.24) is 4.90 Å². The van der Waals surface area contributed by atoms with Gasteiger partial charge in [-0.1, -0.05) is 0 Å². The second-order valence-corrected chi connectivity index (χ2v) is 4.35. The molecule has 1 saturated heterocycles. The predicted octanol–water partition coefficient (Wildman–Crippen LogP) is 1.12. The Kier molecular flexibility index (Phi) is 5.45. The first-order valence-corrected chi connectivity index (χ1v) is 5.60. The highest BCUT2D eigenvalue weighted by atomic mass is 16.5. The van der Waals surface area contributed by atoms with Gasteiger partial charge >= 0.3 is 0 Å². The second kappa shape index (κ2) is 6.38. The number of aliphatic hydroxyl groups is 1. The van der Waals surface area contributed by atoms with E-state index in [1.165, 1.54) is 12.8 Å². The highest BCUT2D eigenvalue weighted by molar-refractivity contribution is 4.78. The Hall–Kier alpha value is -0.120. The quantitative estimate of drug-likeness (QED) is 0.723. The van der Waals surface area contributed by atoms with Crippen molar-refractivity contribution in [2.24, 2.45) is 5.92 Å². The van der Waals surface area contributed by atoms with Crippen molar-refractivity contribution in [3.05, 3.63) is 0 Å². The minimum Gasteiger partial charge on any atom is -0.396 e. The van der Waals surface area contributed by atoms with Gasteiger partial charge in [-0.05, 0) is 45.7 Å². The molecule has 0 spiro atoms. The van der Waals surface area contributed by atoms with Crippen molar-refractivity contribution in [2.75, 3.05) is 33.9 Å². The Morgan fingerprint density at radius 1 is 1.36 bits per heavy atom. The Bertz CT molecular complexity index is 144. The Morgan fingerprint density at radius 3 is 2.50 bits per heavy atom. The van der Waals surface area contributed by atoms with Crippen LogP contribution in [-0.4, -0.2) is 50.0 Å². The molecule has 0 aromatic rings. The lowest BCUT2D eigenvalue weighted by atomic mass is 9.88. The molecule has 0 radical (unpaired) electrons. The lowest BCUT2D eigenvalue weighted by Crippen LogP contribution is -2.38. The van der Waals surface area contributed by atoms with E-state index in [2.05, 4.69) is 19.0 Å². The lowest BCUT2D eigenvalue weighted by molar-refractivity contribution is 0.0332. The van der Waals surface area contributed by atoms with E-state index in [0.29, 0.717) is 12.6 Å². The first kappa shape index (κ1) is 12.0. The van der Waals surface area contributed by atoms with E-state index in [0.717, 1.165) is 32.0 Å². The SMILES string of the molecule is CN(C)C(CCCO)C1CCOCC1. The molecule has 1 rings (SSSR count). The van der Waals surface area contributed by atoms with E-state index in [9.17, 15) is 0 Å². The molecule has 0 bridgehead atoms. The van der Waals surface area contributed by atoms with E-state index in [4.69, 9.17) is 9.84 Å². The predicted molar refractivity (Wildman–Crippen MR) is 57.3 cm³/mol. The van der Waals surface area contributed by atoms with Crippen molar-refractivity contribution < 1.29 is 9.84 Å². The first-order chi connectivity index (χ1) is 6.75. The summed E-state index contributed by atoms with van der Waals surface area (Å²) in [6, 6.07) is 0.617. The van der Waals surface area contributed by atoms with Gasteiger partial charge in [-0.15, -0.1) is 0 Å². The van der Waals surface area contributed by atoms with Crippen molar-refractivity contribution in [3.8, 4) is 0 Å². The van der Waals surface area contributed by atoms with Gasteiger partial charge in [0, 0.05) is 25.9 Å². The Morgan fingerprint density at radius 2 is 2.00 bits per heavy atom. The number of ether oxygens (including phenoxy) is 1. The molecule has 1 atom stereocenters. The zero-order valence-electron chi connectivity index (χ0n) is 9.41. The maximum Gasteiger partial charge on any atom is 0.0469 e. The van der Waals surface area contributed by atoms with Gasteiger partial charge in [0.2, 0.25) is 0 Å². The van der Waals surface area contributed by atoms with Crippen LogP contribution in [0.1, 0.15) is 25.7 Å². The summed E-state index contributed by atoms with van der Waals surface area (Å²) in [5, 5.41) is 8.85. The first-order valence-electron chi connectivity index (χ1n) is 5.60. The molecule has 1 aliphatic rings. The molecule has 1 aliphatic heterocycles. The Labute approximate surface area is 87.1 Å². The van der Waals surface area contributed by atoms with Crippen LogP contribution in [0.4, 0.5) is 0 Å². The van der Waals surface area contributed by atoms with Crippen LogP contribution in [0.5, 0.6) is 0 Å². The molecule has 14 heavy (non-hydrogen) atoms. The number of rotatable bonds is 5. The topological polar surface area (TPSA) is 32.7 Å².